The van der Waals surface area contributed by atoms with Gasteiger partial charge in [-0.1, -0.05) is 17.7 Å². The molecule has 0 aliphatic heterocycles. The highest BCUT2D eigenvalue weighted by Gasteiger charge is 2.29. The third kappa shape index (κ3) is 3.37. The van der Waals surface area contributed by atoms with E-state index in [2.05, 4.69) is 0 Å². The van der Waals surface area contributed by atoms with Crippen LogP contribution in [0.15, 0.2) is 18.2 Å². The van der Waals surface area contributed by atoms with Gasteiger partial charge in [0, 0.05) is 5.02 Å². The molecule has 0 bridgehead atoms. The number of ether oxygens (including phenoxy) is 2. The van der Waals surface area contributed by atoms with Gasteiger partial charge in [0.05, 0.1) is 19.6 Å². The molecule has 0 aliphatic rings. The maximum absolute atomic E-state index is 11.6. The van der Waals surface area contributed by atoms with Crippen LogP contribution in [0.3, 0.4) is 0 Å². The van der Waals surface area contributed by atoms with Crippen LogP contribution < -0.4 is 4.74 Å². The first kappa shape index (κ1) is 13.8. The van der Waals surface area contributed by atoms with E-state index in [0.29, 0.717) is 17.2 Å². The zero-order valence-corrected chi connectivity index (χ0v) is 11.3. The van der Waals surface area contributed by atoms with E-state index in [1.807, 2.05) is 26.0 Å². The van der Waals surface area contributed by atoms with Gasteiger partial charge in [-0.05, 0) is 38.0 Å². The minimum Gasteiger partial charge on any atom is -0.497 e. The lowest BCUT2D eigenvalue weighted by molar-refractivity contribution is -0.150. The van der Waals surface area contributed by atoms with Crippen molar-refractivity contribution in [2.45, 2.75) is 20.3 Å². The number of hydrogen-bond donors (Lipinski definition) is 0. The minimum atomic E-state index is -0.590. The molecule has 1 aromatic carbocycles. The Kier molecular flexibility index (Phi) is 4.40. The van der Waals surface area contributed by atoms with Crippen molar-refractivity contribution in [2.75, 3.05) is 14.2 Å². The summed E-state index contributed by atoms with van der Waals surface area (Å²) in [5, 5.41) is 0.598. The van der Waals surface area contributed by atoms with E-state index < -0.39 is 5.41 Å². The van der Waals surface area contributed by atoms with Gasteiger partial charge < -0.3 is 9.47 Å². The number of hydrogen-bond acceptors (Lipinski definition) is 3. The topological polar surface area (TPSA) is 35.5 Å². The van der Waals surface area contributed by atoms with E-state index in [0.717, 1.165) is 5.56 Å². The van der Waals surface area contributed by atoms with Crippen molar-refractivity contribution in [1.82, 2.24) is 0 Å². The van der Waals surface area contributed by atoms with Gasteiger partial charge in [0.1, 0.15) is 5.75 Å². The lowest BCUT2D eigenvalue weighted by Crippen LogP contribution is -2.28. The minimum absolute atomic E-state index is 0.246. The number of halogens is 1. The van der Waals surface area contributed by atoms with E-state index in [1.54, 1.807) is 13.2 Å². The zero-order valence-electron chi connectivity index (χ0n) is 10.5. The van der Waals surface area contributed by atoms with Gasteiger partial charge in [0.25, 0.3) is 0 Å². The van der Waals surface area contributed by atoms with Crippen LogP contribution in [0.2, 0.25) is 5.02 Å². The molecule has 1 aromatic rings. The first-order valence-corrected chi connectivity index (χ1v) is 5.69. The van der Waals surface area contributed by atoms with E-state index >= 15 is 0 Å². The molecule has 0 atom stereocenters. The number of benzene rings is 1. The first-order chi connectivity index (χ1) is 7.90. The number of rotatable bonds is 4. The Bertz CT molecular complexity index is 413. The molecule has 0 N–H and O–H groups in total. The molecule has 0 saturated carbocycles. The molecule has 0 spiro atoms. The third-order valence-corrected chi connectivity index (χ3v) is 2.98. The fraction of sp³-hybridized carbons (Fsp3) is 0.462. The van der Waals surface area contributed by atoms with Crippen molar-refractivity contribution in [3.63, 3.8) is 0 Å². The highest BCUT2D eigenvalue weighted by Crippen LogP contribution is 2.29. The molecule has 0 radical (unpaired) electrons. The molecule has 4 heteroatoms. The van der Waals surface area contributed by atoms with Crippen LogP contribution in [0.5, 0.6) is 5.75 Å². The molecule has 17 heavy (non-hydrogen) atoms. The zero-order chi connectivity index (χ0) is 13.1. The van der Waals surface area contributed by atoms with Crippen LogP contribution >= 0.6 is 11.6 Å². The van der Waals surface area contributed by atoms with Gasteiger partial charge in [0.2, 0.25) is 0 Å². The summed E-state index contributed by atoms with van der Waals surface area (Å²) in [4.78, 5) is 11.6. The quantitative estimate of drug-likeness (QED) is 0.777. The first-order valence-electron chi connectivity index (χ1n) is 5.31. The Morgan fingerprint density at radius 1 is 1.35 bits per heavy atom. The number of esters is 1. The van der Waals surface area contributed by atoms with Crippen molar-refractivity contribution >= 4 is 17.6 Å². The van der Waals surface area contributed by atoms with Gasteiger partial charge >= 0.3 is 5.97 Å². The number of methoxy groups -OCH3 is 2. The standard InChI is InChI=1S/C13H17ClO3/c1-13(2,12(15)17-4)8-9-5-6-10(16-3)7-11(9)14/h5-7H,8H2,1-4H3. The molecule has 0 saturated heterocycles. The molecule has 3 nitrogen and oxygen atoms in total. The van der Waals surface area contributed by atoms with E-state index in [4.69, 9.17) is 21.1 Å². The molecule has 0 unspecified atom stereocenters. The molecule has 1 rings (SSSR count). The monoisotopic (exact) mass is 256 g/mol. The Hall–Kier alpha value is -1.22. The molecule has 0 amide bonds. The van der Waals surface area contributed by atoms with Gasteiger partial charge in [-0.25, -0.2) is 0 Å². The Balaban J connectivity index is 2.92. The van der Waals surface area contributed by atoms with Gasteiger partial charge in [0.15, 0.2) is 0 Å². The molecule has 0 heterocycles. The smallest absolute Gasteiger partial charge is 0.311 e. The lowest BCUT2D eigenvalue weighted by Gasteiger charge is -2.22. The fourth-order valence-corrected chi connectivity index (χ4v) is 1.86. The van der Waals surface area contributed by atoms with Crippen LogP contribution in [0.4, 0.5) is 0 Å². The van der Waals surface area contributed by atoms with Crippen LogP contribution in [-0.2, 0) is 16.0 Å². The second kappa shape index (κ2) is 5.41. The summed E-state index contributed by atoms with van der Waals surface area (Å²) in [6, 6.07) is 5.44. The predicted octanol–water partition coefficient (Wildman–Crippen LogP) is 3.09. The Morgan fingerprint density at radius 3 is 2.47 bits per heavy atom. The molecular weight excluding hydrogens is 240 g/mol. The van der Waals surface area contributed by atoms with Crippen molar-refractivity contribution in [3.05, 3.63) is 28.8 Å². The SMILES string of the molecule is COC(=O)C(C)(C)Cc1ccc(OC)cc1Cl. The average molecular weight is 257 g/mol. The summed E-state index contributed by atoms with van der Waals surface area (Å²) in [6.07, 6.45) is 0.530. The summed E-state index contributed by atoms with van der Waals surface area (Å²) in [5.74, 6) is 0.457. The predicted molar refractivity (Wildman–Crippen MR) is 67.5 cm³/mol. The molecule has 0 fully saturated rings. The lowest BCUT2D eigenvalue weighted by atomic mass is 9.86. The third-order valence-electron chi connectivity index (χ3n) is 2.63. The second-order valence-corrected chi connectivity index (χ2v) is 4.92. The van der Waals surface area contributed by atoms with Crippen LogP contribution in [-0.4, -0.2) is 20.2 Å². The highest BCUT2D eigenvalue weighted by molar-refractivity contribution is 6.31. The van der Waals surface area contributed by atoms with Gasteiger partial charge in [-0.2, -0.15) is 0 Å². The fourth-order valence-electron chi connectivity index (χ4n) is 1.62. The van der Waals surface area contributed by atoms with Crippen molar-refractivity contribution < 1.29 is 14.3 Å². The summed E-state index contributed by atoms with van der Waals surface area (Å²) in [6.45, 7) is 3.67. The largest absolute Gasteiger partial charge is 0.497 e. The summed E-state index contributed by atoms with van der Waals surface area (Å²) in [7, 11) is 2.98. The molecule has 0 aliphatic carbocycles. The Labute approximate surface area is 107 Å². The molecule has 0 aromatic heterocycles. The van der Waals surface area contributed by atoms with Crippen molar-refractivity contribution in [3.8, 4) is 5.75 Å². The Morgan fingerprint density at radius 2 is 2.00 bits per heavy atom. The normalized spacial score (nSPS) is 11.1. The maximum Gasteiger partial charge on any atom is 0.311 e. The van der Waals surface area contributed by atoms with E-state index in [9.17, 15) is 4.79 Å². The number of carbonyl (C=O) groups excluding carboxylic acids is 1. The summed E-state index contributed by atoms with van der Waals surface area (Å²) < 4.78 is 9.84. The van der Waals surface area contributed by atoms with E-state index in [-0.39, 0.29) is 5.97 Å². The van der Waals surface area contributed by atoms with Crippen molar-refractivity contribution in [2.24, 2.45) is 5.41 Å². The second-order valence-electron chi connectivity index (χ2n) is 4.51. The molecular formula is C13H17ClO3. The van der Waals surface area contributed by atoms with Crippen LogP contribution in [0.1, 0.15) is 19.4 Å². The highest BCUT2D eigenvalue weighted by atomic mass is 35.5. The van der Waals surface area contributed by atoms with Crippen LogP contribution in [0, 0.1) is 5.41 Å². The van der Waals surface area contributed by atoms with Gasteiger partial charge in [-0.15, -0.1) is 0 Å². The molecule has 94 valence electrons. The number of carbonyl (C=O) groups is 1. The average Bonchev–Trinajstić information content (AvgIpc) is 2.30. The summed E-state index contributed by atoms with van der Waals surface area (Å²) in [5.41, 5.74) is 0.315. The maximum atomic E-state index is 11.6. The van der Waals surface area contributed by atoms with Crippen molar-refractivity contribution in [1.29, 1.82) is 0 Å². The van der Waals surface area contributed by atoms with Gasteiger partial charge in [-0.3, -0.25) is 4.79 Å². The summed E-state index contributed by atoms with van der Waals surface area (Å²) >= 11 is 6.13. The van der Waals surface area contributed by atoms with E-state index in [1.165, 1.54) is 7.11 Å². The van der Waals surface area contributed by atoms with Crippen LogP contribution in [0.25, 0.3) is 0 Å².